The summed E-state index contributed by atoms with van der Waals surface area (Å²) in [6.07, 6.45) is 2.61. The zero-order valence-corrected chi connectivity index (χ0v) is 13.1. The maximum absolute atomic E-state index is 5.87. The molecule has 1 aliphatic rings. The second-order valence-corrected chi connectivity index (χ2v) is 6.87. The molecule has 1 aliphatic heterocycles. The highest BCUT2D eigenvalue weighted by Crippen LogP contribution is 2.34. The number of benzene rings is 1. The Labute approximate surface area is 123 Å². The van der Waals surface area contributed by atoms with E-state index in [9.17, 15) is 0 Å². The number of rotatable bonds is 4. The molecule has 1 aromatic carbocycles. The Kier molecular flexibility index (Phi) is 4.92. The largest absolute Gasteiger partial charge is 0.490 e. The van der Waals surface area contributed by atoms with Gasteiger partial charge < -0.3 is 10.5 Å². The zero-order valence-electron chi connectivity index (χ0n) is 13.1. The van der Waals surface area contributed by atoms with Gasteiger partial charge in [0.2, 0.25) is 0 Å². The van der Waals surface area contributed by atoms with Crippen LogP contribution in [0, 0.1) is 11.3 Å². The van der Waals surface area contributed by atoms with E-state index in [1.807, 2.05) is 24.3 Å². The van der Waals surface area contributed by atoms with Crippen molar-refractivity contribution in [1.82, 2.24) is 4.90 Å². The van der Waals surface area contributed by atoms with E-state index in [0.717, 1.165) is 23.9 Å². The normalized spacial score (nSPS) is 18.1. The molecule has 2 rings (SSSR count). The Morgan fingerprint density at radius 2 is 1.85 bits per heavy atom. The Hall–Kier alpha value is -1.22. The van der Waals surface area contributed by atoms with E-state index < -0.39 is 0 Å². The van der Waals surface area contributed by atoms with Crippen molar-refractivity contribution >= 4 is 5.69 Å². The summed E-state index contributed by atoms with van der Waals surface area (Å²) in [5.41, 5.74) is 7.03. The summed E-state index contributed by atoms with van der Waals surface area (Å²) >= 11 is 0. The minimum absolute atomic E-state index is 0.446. The highest BCUT2D eigenvalue weighted by molar-refractivity contribution is 5.51. The van der Waals surface area contributed by atoms with Gasteiger partial charge in [-0.15, -0.1) is 0 Å². The second-order valence-electron chi connectivity index (χ2n) is 6.87. The van der Waals surface area contributed by atoms with E-state index in [-0.39, 0.29) is 0 Å². The molecular weight excluding hydrogens is 248 g/mol. The van der Waals surface area contributed by atoms with Gasteiger partial charge in [-0.3, -0.25) is 4.90 Å². The summed E-state index contributed by atoms with van der Waals surface area (Å²) in [7, 11) is 0. The van der Waals surface area contributed by atoms with Crippen molar-refractivity contribution in [2.75, 3.05) is 32.0 Å². The van der Waals surface area contributed by atoms with Gasteiger partial charge in [0.15, 0.2) is 0 Å². The summed E-state index contributed by atoms with van der Waals surface area (Å²) in [6.45, 7) is 11.2. The van der Waals surface area contributed by atoms with Gasteiger partial charge in [-0.2, -0.15) is 0 Å². The quantitative estimate of drug-likeness (QED) is 0.857. The van der Waals surface area contributed by atoms with Crippen LogP contribution in [-0.2, 0) is 0 Å². The summed E-state index contributed by atoms with van der Waals surface area (Å²) in [4.78, 5) is 2.50. The summed E-state index contributed by atoms with van der Waals surface area (Å²) in [6, 6.07) is 7.70. The molecule has 0 aromatic heterocycles. The Bertz CT molecular complexity index is 417. The summed E-state index contributed by atoms with van der Waals surface area (Å²) < 4.78 is 5.77. The molecule has 3 nitrogen and oxygen atoms in total. The van der Waals surface area contributed by atoms with Crippen molar-refractivity contribution < 1.29 is 4.74 Å². The number of hydrogen-bond acceptors (Lipinski definition) is 3. The lowest BCUT2D eigenvalue weighted by molar-refractivity contribution is 0.101. The number of anilines is 1. The first-order valence-corrected chi connectivity index (χ1v) is 7.66. The van der Waals surface area contributed by atoms with Gasteiger partial charge in [-0.25, -0.2) is 0 Å². The van der Waals surface area contributed by atoms with Crippen molar-refractivity contribution in [2.24, 2.45) is 11.3 Å². The standard InChI is InChI=1S/C17H28N2O/c1-17(2,3)14-8-10-19(11-9-14)12-13-20-16-7-5-4-6-15(16)18/h4-7,14H,8-13,18H2,1-3H3. The molecule has 0 aliphatic carbocycles. The lowest BCUT2D eigenvalue weighted by atomic mass is 9.75. The van der Waals surface area contributed by atoms with Crippen LogP contribution in [0.4, 0.5) is 5.69 Å². The van der Waals surface area contributed by atoms with E-state index >= 15 is 0 Å². The minimum atomic E-state index is 0.446. The van der Waals surface area contributed by atoms with E-state index in [0.29, 0.717) is 12.0 Å². The highest BCUT2D eigenvalue weighted by Gasteiger charge is 2.28. The van der Waals surface area contributed by atoms with Crippen LogP contribution < -0.4 is 10.5 Å². The number of nitrogens with zero attached hydrogens (tertiary/aromatic N) is 1. The lowest BCUT2D eigenvalue weighted by Gasteiger charge is -2.38. The first-order chi connectivity index (χ1) is 9.47. The fraction of sp³-hybridized carbons (Fsp3) is 0.647. The third-order valence-corrected chi connectivity index (χ3v) is 4.40. The average Bonchev–Trinajstić information content (AvgIpc) is 2.40. The third-order valence-electron chi connectivity index (χ3n) is 4.40. The minimum Gasteiger partial charge on any atom is -0.490 e. The third kappa shape index (κ3) is 4.14. The van der Waals surface area contributed by atoms with Gasteiger partial charge in [0.1, 0.15) is 12.4 Å². The molecule has 0 amide bonds. The second kappa shape index (κ2) is 6.49. The van der Waals surface area contributed by atoms with Gasteiger partial charge in [-0.1, -0.05) is 32.9 Å². The van der Waals surface area contributed by atoms with Crippen LogP contribution >= 0.6 is 0 Å². The molecule has 112 valence electrons. The van der Waals surface area contributed by atoms with Crippen LogP contribution in [0.15, 0.2) is 24.3 Å². The van der Waals surface area contributed by atoms with Crippen molar-refractivity contribution in [3.63, 3.8) is 0 Å². The van der Waals surface area contributed by atoms with Crippen LogP contribution in [0.2, 0.25) is 0 Å². The lowest BCUT2D eigenvalue weighted by Crippen LogP contribution is -2.39. The van der Waals surface area contributed by atoms with Crippen LogP contribution in [0.3, 0.4) is 0 Å². The molecule has 0 radical (unpaired) electrons. The maximum Gasteiger partial charge on any atom is 0.142 e. The molecular formula is C17H28N2O. The van der Waals surface area contributed by atoms with Gasteiger partial charge >= 0.3 is 0 Å². The highest BCUT2D eigenvalue weighted by atomic mass is 16.5. The molecule has 0 unspecified atom stereocenters. The molecule has 0 spiro atoms. The molecule has 1 fully saturated rings. The first kappa shape index (κ1) is 15.2. The van der Waals surface area contributed by atoms with Crippen molar-refractivity contribution in [3.8, 4) is 5.75 Å². The maximum atomic E-state index is 5.87. The Morgan fingerprint density at radius 1 is 1.20 bits per heavy atom. The molecule has 1 aromatic rings. The van der Waals surface area contributed by atoms with Crippen LogP contribution in [0.25, 0.3) is 0 Å². The topological polar surface area (TPSA) is 38.5 Å². The number of para-hydroxylation sites is 2. The number of nitrogens with two attached hydrogens (primary N) is 1. The number of nitrogen functional groups attached to an aromatic ring is 1. The fourth-order valence-electron chi connectivity index (χ4n) is 2.92. The number of ether oxygens (including phenoxy) is 1. The molecule has 0 saturated carbocycles. The molecule has 0 bridgehead atoms. The van der Waals surface area contributed by atoms with Crippen molar-refractivity contribution in [1.29, 1.82) is 0 Å². The molecule has 20 heavy (non-hydrogen) atoms. The summed E-state index contributed by atoms with van der Waals surface area (Å²) in [5.74, 6) is 1.65. The number of likely N-dealkylation sites (tertiary alicyclic amines) is 1. The average molecular weight is 276 g/mol. The molecule has 1 saturated heterocycles. The van der Waals surface area contributed by atoms with E-state index in [2.05, 4.69) is 25.7 Å². The molecule has 2 N–H and O–H groups in total. The van der Waals surface area contributed by atoms with E-state index in [1.165, 1.54) is 25.9 Å². The fourth-order valence-corrected chi connectivity index (χ4v) is 2.92. The van der Waals surface area contributed by atoms with E-state index in [1.54, 1.807) is 0 Å². The van der Waals surface area contributed by atoms with Gasteiger partial charge in [0.25, 0.3) is 0 Å². The first-order valence-electron chi connectivity index (χ1n) is 7.66. The monoisotopic (exact) mass is 276 g/mol. The van der Waals surface area contributed by atoms with Gasteiger partial charge in [-0.05, 0) is 49.4 Å². The smallest absolute Gasteiger partial charge is 0.142 e. The summed E-state index contributed by atoms with van der Waals surface area (Å²) in [5, 5.41) is 0. The molecule has 1 heterocycles. The Morgan fingerprint density at radius 3 is 2.45 bits per heavy atom. The number of hydrogen-bond donors (Lipinski definition) is 1. The SMILES string of the molecule is CC(C)(C)C1CCN(CCOc2ccccc2N)CC1. The number of piperidine rings is 1. The van der Waals surface area contributed by atoms with Gasteiger partial charge in [0, 0.05) is 6.54 Å². The van der Waals surface area contributed by atoms with Crippen LogP contribution in [0.5, 0.6) is 5.75 Å². The molecule has 0 atom stereocenters. The van der Waals surface area contributed by atoms with Crippen molar-refractivity contribution in [3.05, 3.63) is 24.3 Å². The van der Waals surface area contributed by atoms with Crippen molar-refractivity contribution in [2.45, 2.75) is 33.6 Å². The van der Waals surface area contributed by atoms with Crippen LogP contribution in [-0.4, -0.2) is 31.1 Å². The van der Waals surface area contributed by atoms with E-state index in [4.69, 9.17) is 10.5 Å². The predicted molar refractivity (Wildman–Crippen MR) is 85.0 cm³/mol. The molecule has 3 heteroatoms. The zero-order chi connectivity index (χ0) is 14.6. The predicted octanol–water partition coefficient (Wildman–Crippen LogP) is 3.41. The Balaban J connectivity index is 1.71. The van der Waals surface area contributed by atoms with Gasteiger partial charge in [0.05, 0.1) is 5.69 Å². The van der Waals surface area contributed by atoms with Crippen LogP contribution in [0.1, 0.15) is 33.6 Å².